The van der Waals surface area contributed by atoms with E-state index in [1.807, 2.05) is 0 Å². The van der Waals surface area contributed by atoms with Crippen LogP contribution in [0, 0.1) is 11.6 Å². The summed E-state index contributed by atoms with van der Waals surface area (Å²) in [4.78, 5) is 18.5. The fourth-order valence-electron chi connectivity index (χ4n) is 2.56. The van der Waals surface area contributed by atoms with Gasteiger partial charge in [-0.15, -0.1) is 11.3 Å². The normalized spacial score (nSPS) is 18.0. The van der Waals surface area contributed by atoms with Crippen LogP contribution in [0.5, 0.6) is 0 Å². The van der Waals surface area contributed by atoms with Crippen LogP contribution in [0.4, 0.5) is 8.78 Å². The van der Waals surface area contributed by atoms with E-state index in [4.69, 9.17) is 10.5 Å². The van der Waals surface area contributed by atoms with Crippen LogP contribution in [0.1, 0.15) is 27.2 Å². The number of carbonyl (C=O) groups is 1. The zero-order chi connectivity index (χ0) is 17.1. The van der Waals surface area contributed by atoms with Crippen LogP contribution in [0.15, 0.2) is 23.6 Å². The smallest absolute Gasteiger partial charge is 0.273 e. The second kappa shape index (κ2) is 7.33. The summed E-state index contributed by atoms with van der Waals surface area (Å²) in [6.07, 6.45) is 0.151. The number of amides is 1. The van der Waals surface area contributed by atoms with E-state index in [0.717, 1.165) is 17.1 Å². The van der Waals surface area contributed by atoms with Crippen molar-refractivity contribution in [2.24, 2.45) is 5.73 Å². The molecule has 0 saturated carbocycles. The number of nitrogens with zero attached hydrogens (tertiary/aromatic N) is 2. The molecule has 2 N–H and O–H groups in total. The first-order chi connectivity index (χ1) is 11.6. The van der Waals surface area contributed by atoms with Crippen molar-refractivity contribution in [2.75, 3.05) is 26.2 Å². The van der Waals surface area contributed by atoms with Gasteiger partial charge in [-0.25, -0.2) is 13.8 Å². The molecule has 128 valence electrons. The van der Waals surface area contributed by atoms with Crippen LogP contribution in [0.2, 0.25) is 0 Å². The molecule has 1 aromatic heterocycles. The molecule has 24 heavy (non-hydrogen) atoms. The SMILES string of the molecule is NCCc1nc(C(=O)N2CCOC(c3ccc(F)c(F)c3)C2)cs1. The third kappa shape index (κ3) is 3.61. The van der Waals surface area contributed by atoms with E-state index in [9.17, 15) is 13.6 Å². The Hall–Kier alpha value is -1.90. The summed E-state index contributed by atoms with van der Waals surface area (Å²) in [5, 5.41) is 2.54. The Morgan fingerprint density at radius 1 is 1.42 bits per heavy atom. The molecule has 8 heteroatoms. The van der Waals surface area contributed by atoms with Crippen LogP contribution in [0.3, 0.4) is 0 Å². The molecule has 0 aliphatic carbocycles. The molecule has 1 aromatic carbocycles. The summed E-state index contributed by atoms with van der Waals surface area (Å²) in [6.45, 7) is 1.52. The minimum atomic E-state index is -0.925. The molecule has 2 aromatic rings. The Morgan fingerprint density at radius 2 is 2.25 bits per heavy atom. The maximum Gasteiger partial charge on any atom is 0.273 e. The van der Waals surface area contributed by atoms with E-state index in [0.29, 0.717) is 37.4 Å². The number of thiazole rings is 1. The minimum absolute atomic E-state index is 0.189. The molecule has 1 fully saturated rings. The molecule has 1 amide bonds. The van der Waals surface area contributed by atoms with Gasteiger partial charge in [0.1, 0.15) is 11.8 Å². The zero-order valence-corrected chi connectivity index (χ0v) is 13.7. The van der Waals surface area contributed by atoms with Gasteiger partial charge in [-0.2, -0.15) is 0 Å². The lowest BCUT2D eigenvalue weighted by Crippen LogP contribution is -2.42. The highest BCUT2D eigenvalue weighted by Gasteiger charge is 2.27. The topological polar surface area (TPSA) is 68.5 Å². The van der Waals surface area contributed by atoms with Gasteiger partial charge < -0.3 is 15.4 Å². The Bertz CT molecular complexity index is 738. The van der Waals surface area contributed by atoms with Crippen LogP contribution in [-0.2, 0) is 11.2 Å². The van der Waals surface area contributed by atoms with Gasteiger partial charge in [-0.1, -0.05) is 6.07 Å². The first kappa shape index (κ1) is 16.9. The summed E-state index contributed by atoms with van der Waals surface area (Å²) >= 11 is 1.41. The molecular weight excluding hydrogens is 336 g/mol. The van der Waals surface area contributed by atoms with E-state index < -0.39 is 17.7 Å². The van der Waals surface area contributed by atoms with Crippen molar-refractivity contribution in [1.29, 1.82) is 0 Å². The van der Waals surface area contributed by atoms with Gasteiger partial charge in [0.25, 0.3) is 5.91 Å². The van der Waals surface area contributed by atoms with Gasteiger partial charge in [0.2, 0.25) is 0 Å². The van der Waals surface area contributed by atoms with Crippen molar-refractivity contribution in [1.82, 2.24) is 9.88 Å². The molecule has 0 spiro atoms. The Balaban J connectivity index is 1.72. The fourth-order valence-corrected chi connectivity index (χ4v) is 3.35. The number of nitrogens with two attached hydrogens (primary N) is 1. The monoisotopic (exact) mass is 353 g/mol. The highest BCUT2D eigenvalue weighted by molar-refractivity contribution is 7.09. The van der Waals surface area contributed by atoms with E-state index in [2.05, 4.69) is 4.98 Å². The van der Waals surface area contributed by atoms with E-state index >= 15 is 0 Å². The van der Waals surface area contributed by atoms with E-state index in [-0.39, 0.29) is 12.5 Å². The third-order valence-corrected chi connectivity index (χ3v) is 4.71. The molecule has 3 rings (SSSR count). The lowest BCUT2D eigenvalue weighted by atomic mass is 10.1. The molecule has 1 saturated heterocycles. The number of hydrogen-bond donors (Lipinski definition) is 1. The molecule has 1 unspecified atom stereocenters. The number of morpholine rings is 1. The van der Waals surface area contributed by atoms with Crippen molar-refractivity contribution in [3.63, 3.8) is 0 Å². The van der Waals surface area contributed by atoms with Gasteiger partial charge in [-0.05, 0) is 24.2 Å². The number of aromatic nitrogens is 1. The van der Waals surface area contributed by atoms with Gasteiger partial charge in [0.15, 0.2) is 11.6 Å². The average Bonchev–Trinajstić information content (AvgIpc) is 3.06. The van der Waals surface area contributed by atoms with Crippen molar-refractivity contribution in [3.8, 4) is 0 Å². The summed E-state index contributed by atoms with van der Waals surface area (Å²) < 4.78 is 32.1. The predicted molar refractivity (Wildman–Crippen MR) is 85.8 cm³/mol. The largest absolute Gasteiger partial charge is 0.370 e. The number of carbonyl (C=O) groups excluding carboxylic acids is 1. The summed E-state index contributed by atoms with van der Waals surface area (Å²) in [6, 6.07) is 3.64. The molecule has 0 bridgehead atoms. The lowest BCUT2D eigenvalue weighted by molar-refractivity contribution is -0.0231. The molecular formula is C16H17F2N3O2S. The van der Waals surface area contributed by atoms with E-state index in [1.165, 1.54) is 17.4 Å². The molecule has 0 radical (unpaired) electrons. The zero-order valence-electron chi connectivity index (χ0n) is 12.9. The average molecular weight is 353 g/mol. The summed E-state index contributed by atoms with van der Waals surface area (Å²) in [5.74, 6) is -2.02. The van der Waals surface area contributed by atoms with Gasteiger partial charge >= 0.3 is 0 Å². The second-order valence-electron chi connectivity index (χ2n) is 5.45. The van der Waals surface area contributed by atoms with Gasteiger partial charge in [0, 0.05) is 18.3 Å². The first-order valence-electron chi connectivity index (χ1n) is 7.59. The molecule has 1 aliphatic rings. The molecule has 5 nitrogen and oxygen atoms in total. The highest BCUT2D eigenvalue weighted by Crippen LogP contribution is 2.25. The van der Waals surface area contributed by atoms with E-state index in [1.54, 1.807) is 10.3 Å². The predicted octanol–water partition coefficient (Wildman–Crippen LogP) is 2.14. The van der Waals surface area contributed by atoms with Crippen molar-refractivity contribution in [2.45, 2.75) is 12.5 Å². The molecule has 1 aliphatic heterocycles. The maximum atomic E-state index is 13.4. The molecule has 2 heterocycles. The summed E-state index contributed by atoms with van der Waals surface area (Å²) in [7, 11) is 0. The summed E-state index contributed by atoms with van der Waals surface area (Å²) in [5.41, 5.74) is 6.38. The number of halogens is 2. The number of hydrogen-bond acceptors (Lipinski definition) is 5. The Labute approximate surface area is 142 Å². The maximum absolute atomic E-state index is 13.4. The van der Waals surface area contributed by atoms with Crippen LogP contribution in [0.25, 0.3) is 0 Å². The Morgan fingerprint density at radius 3 is 3.00 bits per heavy atom. The third-order valence-electron chi connectivity index (χ3n) is 3.80. The molecule has 1 atom stereocenters. The fraction of sp³-hybridized carbons (Fsp3) is 0.375. The number of ether oxygens (including phenoxy) is 1. The Kier molecular flexibility index (Phi) is 5.17. The second-order valence-corrected chi connectivity index (χ2v) is 6.39. The van der Waals surface area contributed by atoms with Crippen LogP contribution in [-0.4, -0.2) is 42.0 Å². The minimum Gasteiger partial charge on any atom is -0.370 e. The van der Waals surface area contributed by atoms with Crippen molar-refractivity contribution < 1.29 is 18.3 Å². The lowest BCUT2D eigenvalue weighted by Gasteiger charge is -2.32. The van der Waals surface area contributed by atoms with Crippen LogP contribution < -0.4 is 5.73 Å². The highest BCUT2D eigenvalue weighted by atomic mass is 32.1. The standard InChI is InChI=1S/C16H17F2N3O2S/c17-11-2-1-10(7-12(11)18)14-8-21(5-6-23-14)16(22)13-9-24-15(20-13)3-4-19/h1-2,7,9,14H,3-6,8,19H2. The first-order valence-corrected chi connectivity index (χ1v) is 8.46. The van der Waals surface area contributed by atoms with Crippen LogP contribution >= 0.6 is 11.3 Å². The van der Waals surface area contributed by atoms with Crippen molar-refractivity contribution in [3.05, 3.63) is 51.5 Å². The number of benzene rings is 1. The van der Waals surface area contributed by atoms with Gasteiger partial charge in [-0.3, -0.25) is 4.79 Å². The van der Waals surface area contributed by atoms with Crippen molar-refractivity contribution >= 4 is 17.2 Å². The van der Waals surface area contributed by atoms with Gasteiger partial charge in [0.05, 0.1) is 18.2 Å². The quantitative estimate of drug-likeness (QED) is 0.914. The number of rotatable bonds is 4.